The minimum absolute atomic E-state index is 0.105. The zero-order valence-electron chi connectivity index (χ0n) is 17.0. The first-order valence-electron chi connectivity index (χ1n) is 9.87. The topological polar surface area (TPSA) is 62.2 Å². The number of pyridine rings is 1. The molecule has 1 heterocycles. The molecule has 1 atom stereocenters. The van der Waals surface area contributed by atoms with Gasteiger partial charge in [0.15, 0.2) is 5.75 Å². The fraction of sp³-hybridized carbons (Fsp3) is 0.200. The molecule has 29 heavy (non-hydrogen) atoms. The van der Waals surface area contributed by atoms with Crippen molar-refractivity contribution in [3.05, 3.63) is 84.0 Å². The molecule has 1 amide bonds. The molecule has 4 nitrogen and oxygen atoms in total. The fourth-order valence-corrected chi connectivity index (χ4v) is 3.40. The molecule has 3 rings (SSSR count). The molecule has 1 unspecified atom stereocenters. The Kier molecular flexibility index (Phi) is 6.45. The highest BCUT2D eigenvalue weighted by Gasteiger charge is 2.22. The van der Waals surface area contributed by atoms with Gasteiger partial charge in [0.05, 0.1) is 17.1 Å². The van der Waals surface area contributed by atoms with Gasteiger partial charge >= 0.3 is 0 Å². The highest BCUT2D eigenvalue weighted by Crippen LogP contribution is 2.35. The number of nitrogens with zero attached hydrogens (tertiary/aromatic N) is 1. The van der Waals surface area contributed by atoms with Crippen LogP contribution in [0.25, 0.3) is 22.2 Å². The molecule has 0 aliphatic heterocycles. The first-order valence-corrected chi connectivity index (χ1v) is 9.87. The number of carbonyl (C=O) groups excluding carboxylic acids is 1. The lowest BCUT2D eigenvalue weighted by Gasteiger charge is -2.18. The van der Waals surface area contributed by atoms with Crippen LogP contribution in [-0.2, 0) is 0 Å². The summed E-state index contributed by atoms with van der Waals surface area (Å²) in [6.07, 6.45) is 6.91. The van der Waals surface area contributed by atoms with Crippen LogP contribution in [0.4, 0.5) is 0 Å². The summed E-state index contributed by atoms with van der Waals surface area (Å²) in [6.45, 7) is 5.96. The minimum Gasteiger partial charge on any atom is -0.505 e. The van der Waals surface area contributed by atoms with Crippen molar-refractivity contribution >= 4 is 16.8 Å². The van der Waals surface area contributed by atoms with Crippen molar-refractivity contribution in [1.82, 2.24) is 10.3 Å². The Morgan fingerprint density at radius 2 is 1.83 bits per heavy atom. The monoisotopic (exact) mass is 386 g/mol. The van der Waals surface area contributed by atoms with Crippen molar-refractivity contribution in [2.24, 2.45) is 0 Å². The van der Waals surface area contributed by atoms with Crippen LogP contribution in [0, 0.1) is 0 Å². The molecule has 1 aromatic heterocycles. The zero-order chi connectivity index (χ0) is 20.8. The van der Waals surface area contributed by atoms with E-state index in [0.717, 1.165) is 17.6 Å². The molecular weight excluding hydrogens is 360 g/mol. The Labute approximate surface area is 171 Å². The quantitative estimate of drug-likeness (QED) is 0.539. The maximum atomic E-state index is 13.2. The predicted molar refractivity (Wildman–Crippen MR) is 119 cm³/mol. The normalized spacial score (nSPS) is 13.0. The van der Waals surface area contributed by atoms with Gasteiger partial charge in [-0.25, -0.2) is 4.98 Å². The van der Waals surface area contributed by atoms with E-state index in [-0.39, 0.29) is 23.3 Å². The fourth-order valence-electron chi connectivity index (χ4n) is 3.40. The Hall–Kier alpha value is -3.40. The van der Waals surface area contributed by atoms with Gasteiger partial charge < -0.3 is 10.4 Å². The van der Waals surface area contributed by atoms with E-state index in [2.05, 4.69) is 23.3 Å². The van der Waals surface area contributed by atoms with Crippen molar-refractivity contribution < 1.29 is 9.90 Å². The molecule has 2 N–H and O–H groups in total. The summed E-state index contributed by atoms with van der Waals surface area (Å²) in [7, 11) is 0. The van der Waals surface area contributed by atoms with Crippen LogP contribution in [0.3, 0.4) is 0 Å². The van der Waals surface area contributed by atoms with Crippen LogP contribution in [-0.4, -0.2) is 22.0 Å². The largest absolute Gasteiger partial charge is 0.505 e. The highest BCUT2D eigenvalue weighted by atomic mass is 16.3. The van der Waals surface area contributed by atoms with Crippen molar-refractivity contribution in [2.45, 2.75) is 33.2 Å². The second-order valence-corrected chi connectivity index (χ2v) is 6.87. The van der Waals surface area contributed by atoms with Gasteiger partial charge in [-0.05, 0) is 31.9 Å². The number of aromatic nitrogens is 1. The average Bonchev–Trinajstić information content (AvgIpc) is 2.73. The Morgan fingerprint density at radius 3 is 2.52 bits per heavy atom. The van der Waals surface area contributed by atoms with Gasteiger partial charge in [-0.15, -0.1) is 0 Å². The van der Waals surface area contributed by atoms with Gasteiger partial charge in [-0.3, -0.25) is 4.79 Å². The molecule has 2 aromatic carbocycles. The van der Waals surface area contributed by atoms with Gasteiger partial charge in [0.2, 0.25) is 0 Å². The lowest BCUT2D eigenvalue weighted by atomic mass is 10.0. The summed E-state index contributed by atoms with van der Waals surface area (Å²) in [5.74, 6) is -0.427. The number of nitrogens with one attached hydrogen (secondary N) is 1. The van der Waals surface area contributed by atoms with Crippen molar-refractivity contribution in [3.8, 4) is 17.0 Å². The van der Waals surface area contributed by atoms with Gasteiger partial charge in [0, 0.05) is 10.9 Å². The summed E-state index contributed by atoms with van der Waals surface area (Å²) in [5.41, 5.74) is 3.11. The molecule has 0 spiro atoms. The number of aromatic hydroxyl groups is 1. The lowest BCUT2D eigenvalue weighted by molar-refractivity contribution is 0.0945. The molecule has 4 heteroatoms. The molecular formula is C25H26N2O2. The highest BCUT2D eigenvalue weighted by molar-refractivity contribution is 6.10. The van der Waals surface area contributed by atoms with E-state index in [0.29, 0.717) is 16.6 Å². The molecule has 0 fully saturated rings. The van der Waals surface area contributed by atoms with Crippen LogP contribution >= 0.6 is 0 Å². The number of amides is 1. The zero-order valence-corrected chi connectivity index (χ0v) is 17.0. The van der Waals surface area contributed by atoms with Crippen molar-refractivity contribution in [3.63, 3.8) is 0 Å². The van der Waals surface area contributed by atoms with Crippen LogP contribution < -0.4 is 5.32 Å². The summed E-state index contributed by atoms with van der Waals surface area (Å²) in [6, 6.07) is 16.6. The third-order valence-electron chi connectivity index (χ3n) is 4.79. The van der Waals surface area contributed by atoms with E-state index in [4.69, 9.17) is 0 Å². The third-order valence-corrected chi connectivity index (χ3v) is 4.79. The number of hydrogen-bond donors (Lipinski definition) is 2. The van der Waals surface area contributed by atoms with E-state index in [9.17, 15) is 9.90 Å². The Morgan fingerprint density at radius 1 is 1.14 bits per heavy atom. The minimum atomic E-state index is -0.322. The maximum Gasteiger partial charge on any atom is 0.256 e. The molecule has 0 saturated carbocycles. The second-order valence-electron chi connectivity index (χ2n) is 6.87. The van der Waals surface area contributed by atoms with Crippen LogP contribution in [0.2, 0.25) is 0 Å². The lowest BCUT2D eigenvalue weighted by Crippen LogP contribution is -2.34. The van der Waals surface area contributed by atoms with Crippen LogP contribution in [0.1, 0.15) is 37.6 Å². The molecule has 0 aliphatic carbocycles. The summed E-state index contributed by atoms with van der Waals surface area (Å²) < 4.78 is 0. The van der Waals surface area contributed by atoms with Crippen molar-refractivity contribution in [2.75, 3.05) is 0 Å². The van der Waals surface area contributed by atoms with E-state index in [1.54, 1.807) is 0 Å². The third kappa shape index (κ3) is 4.37. The predicted octanol–water partition coefficient (Wildman–Crippen LogP) is 5.64. The maximum absolute atomic E-state index is 13.2. The number of rotatable bonds is 6. The molecule has 148 valence electrons. The first kappa shape index (κ1) is 20.3. The van der Waals surface area contributed by atoms with Gasteiger partial charge in [-0.2, -0.15) is 0 Å². The van der Waals surface area contributed by atoms with Crippen molar-refractivity contribution in [1.29, 1.82) is 0 Å². The Balaban J connectivity index is 2.09. The molecule has 3 aromatic rings. The standard InChI is InChI=1S/C25H26N2O2/c1-4-11-18(12-5-2)17(3)26-25(29)22-20-15-9-10-16-21(20)27-23(24(22)28)19-13-7-6-8-14-19/h4,6-17,28H,5H2,1-3H3,(H,26,29)/b11-4-,18-12+. The van der Waals surface area contributed by atoms with E-state index in [1.807, 2.05) is 80.6 Å². The smallest absolute Gasteiger partial charge is 0.256 e. The van der Waals surface area contributed by atoms with E-state index >= 15 is 0 Å². The van der Waals surface area contributed by atoms with E-state index in [1.165, 1.54) is 0 Å². The average molecular weight is 386 g/mol. The number of allylic oxidation sites excluding steroid dienone is 2. The van der Waals surface area contributed by atoms with Gasteiger partial charge in [0.1, 0.15) is 5.69 Å². The molecule has 0 aliphatic rings. The summed E-state index contributed by atoms with van der Waals surface area (Å²) >= 11 is 0. The summed E-state index contributed by atoms with van der Waals surface area (Å²) in [4.78, 5) is 17.8. The van der Waals surface area contributed by atoms with E-state index < -0.39 is 0 Å². The number of hydrogen-bond acceptors (Lipinski definition) is 3. The molecule has 0 saturated heterocycles. The summed E-state index contributed by atoms with van der Waals surface area (Å²) in [5, 5.41) is 14.7. The Bertz CT molecular complexity index is 1070. The van der Waals surface area contributed by atoms with Crippen LogP contribution in [0.5, 0.6) is 5.75 Å². The molecule has 0 radical (unpaired) electrons. The van der Waals surface area contributed by atoms with Crippen LogP contribution in [0.15, 0.2) is 78.4 Å². The first-order chi connectivity index (χ1) is 14.1. The number of para-hydroxylation sites is 1. The number of benzene rings is 2. The SMILES string of the molecule is C/C=C\C(=C/CC)C(C)NC(=O)c1c(O)c(-c2ccccc2)nc2ccccc12. The van der Waals surface area contributed by atoms with Gasteiger partial charge in [-0.1, -0.05) is 73.7 Å². The van der Waals surface area contributed by atoms with Gasteiger partial charge in [0.25, 0.3) is 5.91 Å². The molecule has 0 bridgehead atoms. The second kappa shape index (κ2) is 9.20. The number of fused-ring (bicyclic) bond motifs is 1. The number of carbonyl (C=O) groups is 1.